The van der Waals surface area contributed by atoms with E-state index < -0.39 is 0 Å². The standard InChI is InChI=1S/C12H14N2O/c1-8(2)6-11(15)10-7-14-12-9(10)4-3-5-13-12/h3-5,7-8H,6H2,1-2H3,(H,13,14). The van der Waals surface area contributed by atoms with Crippen molar-refractivity contribution in [2.24, 2.45) is 5.92 Å². The van der Waals surface area contributed by atoms with Crippen molar-refractivity contribution in [1.82, 2.24) is 9.97 Å². The molecule has 1 N–H and O–H groups in total. The summed E-state index contributed by atoms with van der Waals surface area (Å²) in [6.07, 6.45) is 4.06. The average Bonchev–Trinajstić information content (AvgIpc) is 2.59. The van der Waals surface area contributed by atoms with Crippen LogP contribution in [0, 0.1) is 5.92 Å². The van der Waals surface area contributed by atoms with E-state index in [1.807, 2.05) is 26.0 Å². The number of hydrogen-bond donors (Lipinski definition) is 1. The molecular weight excluding hydrogens is 188 g/mol. The fourth-order valence-corrected chi connectivity index (χ4v) is 1.67. The third-order valence-corrected chi connectivity index (χ3v) is 2.35. The molecule has 78 valence electrons. The van der Waals surface area contributed by atoms with E-state index in [1.54, 1.807) is 12.4 Å². The molecule has 0 radical (unpaired) electrons. The van der Waals surface area contributed by atoms with E-state index in [0.717, 1.165) is 16.6 Å². The molecule has 0 aromatic carbocycles. The van der Waals surface area contributed by atoms with Crippen LogP contribution in [0.5, 0.6) is 0 Å². The Kier molecular flexibility index (Phi) is 2.54. The second-order valence-corrected chi connectivity index (χ2v) is 4.12. The quantitative estimate of drug-likeness (QED) is 0.778. The molecule has 0 fully saturated rings. The fourth-order valence-electron chi connectivity index (χ4n) is 1.67. The lowest BCUT2D eigenvalue weighted by Gasteiger charge is -2.01. The largest absolute Gasteiger partial charge is 0.345 e. The van der Waals surface area contributed by atoms with Gasteiger partial charge in [-0.2, -0.15) is 0 Å². The Morgan fingerprint density at radius 2 is 2.33 bits per heavy atom. The van der Waals surface area contributed by atoms with Crippen LogP contribution in [0.1, 0.15) is 30.6 Å². The molecule has 0 aliphatic carbocycles. The van der Waals surface area contributed by atoms with Crippen LogP contribution in [0.15, 0.2) is 24.5 Å². The van der Waals surface area contributed by atoms with Crippen molar-refractivity contribution in [3.63, 3.8) is 0 Å². The number of aromatic nitrogens is 2. The number of fused-ring (bicyclic) bond motifs is 1. The van der Waals surface area contributed by atoms with Gasteiger partial charge in [0, 0.05) is 29.8 Å². The van der Waals surface area contributed by atoms with Crippen LogP contribution in [0.3, 0.4) is 0 Å². The highest BCUT2D eigenvalue weighted by molar-refractivity contribution is 6.07. The SMILES string of the molecule is CC(C)CC(=O)c1c[nH]c2ncccc12. The normalized spacial score (nSPS) is 11.1. The zero-order chi connectivity index (χ0) is 10.8. The molecular formula is C12H14N2O. The fraction of sp³-hybridized carbons (Fsp3) is 0.333. The van der Waals surface area contributed by atoms with Gasteiger partial charge in [0.25, 0.3) is 0 Å². The van der Waals surface area contributed by atoms with E-state index in [2.05, 4.69) is 9.97 Å². The predicted octanol–water partition coefficient (Wildman–Crippen LogP) is 2.79. The number of aromatic amines is 1. The van der Waals surface area contributed by atoms with Crippen LogP contribution >= 0.6 is 0 Å². The van der Waals surface area contributed by atoms with Gasteiger partial charge in [0.2, 0.25) is 0 Å². The lowest BCUT2D eigenvalue weighted by molar-refractivity contribution is 0.0969. The second-order valence-electron chi connectivity index (χ2n) is 4.12. The van der Waals surface area contributed by atoms with E-state index in [9.17, 15) is 4.79 Å². The number of Topliss-reactive ketones (excluding diaryl/α,β-unsaturated/α-hetero) is 1. The lowest BCUT2D eigenvalue weighted by atomic mass is 10.0. The first-order valence-corrected chi connectivity index (χ1v) is 5.14. The van der Waals surface area contributed by atoms with Crippen molar-refractivity contribution >= 4 is 16.8 Å². The smallest absolute Gasteiger partial charge is 0.165 e. The van der Waals surface area contributed by atoms with Gasteiger partial charge < -0.3 is 4.98 Å². The Balaban J connectivity index is 2.40. The molecule has 2 rings (SSSR count). The van der Waals surface area contributed by atoms with Crippen LogP contribution in [0.2, 0.25) is 0 Å². The maximum Gasteiger partial charge on any atom is 0.165 e. The van der Waals surface area contributed by atoms with Gasteiger partial charge in [0.15, 0.2) is 5.78 Å². The molecule has 3 nitrogen and oxygen atoms in total. The summed E-state index contributed by atoms with van der Waals surface area (Å²) in [5.74, 6) is 0.573. The highest BCUT2D eigenvalue weighted by Gasteiger charge is 2.13. The van der Waals surface area contributed by atoms with Gasteiger partial charge in [0.05, 0.1) is 0 Å². The molecule has 0 atom stereocenters. The minimum Gasteiger partial charge on any atom is -0.345 e. The molecule has 15 heavy (non-hydrogen) atoms. The molecule has 0 amide bonds. The zero-order valence-electron chi connectivity index (χ0n) is 8.95. The molecule has 0 spiro atoms. The summed E-state index contributed by atoms with van der Waals surface area (Å²) in [6.45, 7) is 4.09. The number of hydrogen-bond acceptors (Lipinski definition) is 2. The van der Waals surface area contributed by atoms with Crippen LogP contribution < -0.4 is 0 Å². The van der Waals surface area contributed by atoms with Crippen LogP contribution in [0.25, 0.3) is 11.0 Å². The molecule has 2 heterocycles. The maximum atomic E-state index is 11.9. The minimum atomic E-state index is 0.184. The Hall–Kier alpha value is -1.64. The van der Waals surface area contributed by atoms with Crippen molar-refractivity contribution in [2.45, 2.75) is 20.3 Å². The number of pyridine rings is 1. The Bertz CT molecular complexity index is 485. The van der Waals surface area contributed by atoms with E-state index in [4.69, 9.17) is 0 Å². The summed E-state index contributed by atoms with van der Waals surface area (Å²) in [5, 5.41) is 0.920. The summed E-state index contributed by atoms with van der Waals surface area (Å²) in [7, 11) is 0. The third-order valence-electron chi connectivity index (χ3n) is 2.35. The second kappa shape index (κ2) is 3.85. The van der Waals surface area contributed by atoms with Gasteiger partial charge in [-0.15, -0.1) is 0 Å². The summed E-state index contributed by atoms with van der Waals surface area (Å²) in [4.78, 5) is 19.0. The number of nitrogens with zero attached hydrogens (tertiary/aromatic N) is 1. The number of ketones is 1. The monoisotopic (exact) mass is 202 g/mol. The number of carbonyl (C=O) groups excluding carboxylic acids is 1. The zero-order valence-corrected chi connectivity index (χ0v) is 8.95. The topological polar surface area (TPSA) is 45.8 Å². The van der Waals surface area contributed by atoms with Crippen molar-refractivity contribution in [3.05, 3.63) is 30.1 Å². The van der Waals surface area contributed by atoms with Gasteiger partial charge in [-0.1, -0.05) is 13.8 Å². The van der Waals surface area contributed by atoms with E-state index in [1.165, 1.54) is 0 Å². The van der Waals surface area contributed by atoms with Gasteiger partial charge >= 0.3 is 0 Å². The molecule has 0 saturated heterocycles. The van der Waals surface area contributed by atoms with Gasteiger partial charge in [-0.3, -0.25) is 4.79 Å². The van der Waals surface area contributed by atoms with Gasteiger partial charge in [-0.25, -0.2) is 4.98 Å². The summed E-state index contributed by atoms with van der Waals surface area (Å²) < 4.78 is 0. The highest BCUT2D eigenvalue weighted by Crippen LogP contribution is 2.18. The Morgan fingerprint density at radius 1 is 1.53 bits per heavy atom. The molecule has 0 saturated carbocycles. The van der Waals surface area contributed by atoms with E-state index in [0.29, 0.717) is 12.3 Å². The Labute approximate surface area is 88.5 Å². The van der Waals surface area contributed by atoms with Crippen molar-refractivity contribution in [2.75, 3.05) is 0 Å². The van der Waals surface area contributed by atoms with E-state index >= 15 is 0 Å². The first kappa shape index (κ1) is 9.90. The van der Waals surface area contributed by atoms with Gasteiger partial charge in [-0.05, 0) is 18.1 Å². The Morgan fingerprint density at radius 3 is 3.07 bits per heavy atom. The van der Waals surface area contributed by atoms with Crippen LogP contribution in [0.4, 0.5) is 0 Å². The highest BCUT2D eigenvalue weighted by atomic mass is 16.1. The van der Waals surface area contributed by atoms with E-state index in [-0.39, 0.29) is 5.78 Å². The first-order valence-electron chi connectivity index (χ1n) is 5.14. The lowest BCUT2D eigenvalue weighted by Crippen LogP contribution is -2.02. The number of nitrogens with one attached hydrogen (secondary N) is 1. The van der Waals surface area contributed by atoms with Crippen molar-refractivity contribution in [1.29, 1.82) is 0 Å². The summed E-state index contributed by atoms with van der Waals surface area (Å²) in [5.41, 5.74) is 1.54. The maximum absolute atomic E-state index is 11.9. The molecule has 0 aliphatic rings. The average molecular weight is 202 g/mol. The summed E-state index contributed by atoms with van der Waals surface area (Å²) >= 11 is 0. The molecule has 2 aromatic rings. The number of rotatable bonds is 3. The van der Waals surface area contributed by atoms with Crippen LogP contribution in [-0.2, 0) is 0 Å². The molecule has 3 heteroatoms. The number of H-pyrrole nitrogens is 1. The third kappa shape index (κ3) is 1.91. The minimum absolute atomic E-state index is 0.184. The van der Waals surface area contributed by atoms with Gasteiger partial charge in [0.1, 0.15) is 5.65 Å². The first-order chi connectivity index (χ1) is 7.18. The summed E-state index contributed by atoms with van der Waals surface area (Å²) in [6, 6.07) is 3.77. The van der Waals surface area contributed by atoms with Crippen LogP contribution in [-0.4, -0.2) is 15.8 Å². The molecule has 0 bridgehead atoms. The molecule has 2 aromatic heterocycles. The van der Waals surface area contributed by atoms with Crippen molar-refractivity contribution in [3.8, 4) is 0 Å². The number of carbonyl (C=O) groups is 1. The molecule has 0 unspecified atom stereocenters. The predicted molar refractivity (Wildman–Crippen MR) is 59.9 cm³/mol. The van der Waals surface area contributed by atoms with Crippen molar-refractivity contribution < 1.29 is 4.79 Å². The molecule has 0 aliphatic heterocycles.